The summed E-state index contributed by atoms with van der Waals surface area (Å²) in [6, 6.07) is 8.52. The maximum atomic E-state index is 5.80. The van der Waals surface area contributed by atoms with Gasteiger partial charge >= 0.3 is 0 Å². The third-order valence-corrected chi connectivity index (χ3v) is 4.69. The molecule has 4 nitrogen and oxygen atoms in total. The number of morpholine rings is 1. The van der Waals surface area contributed by atoms with E-state index in [1.807, 2.05) is 0 Å². The Hall–Kier alpha value is -1.10. The Labute approximate surface area is 159 Å². The van der Waals surface area contributed by atoms with Crippen molar-refractivity contribution in [3.8, 4) is 5.75 Å². The topological polar surface area (TPSA) is 39.7 Å². The van der Waals surface area contributed by atoms with Crippen LogP contribution in [0, 0.1) is 5.41 Å². The van der Waals surface area contributed by atoms with Crippen molar-refractivity contribution in [2.24, 2.45) is 5.41 Å². The van der Waals surface area contributed by atoms with E-state index in [-0.39, 0.29) is 11.5 Å². The van der Waals surface area contributed by atoms with Gasteiger partial charge < -0.3 is 19.5 Å². The summed E-state index contributed by atoms with van der Waals surface area (Å²) in [5, 5.41) is 3.33. The summed E-state index contributed by atoms with van der Waals surface area (Å²) < 4.78 is 17.1. The zero-order chi connectivity index (χ0) is 19.0. The fourth-order valence-corrected chi connectivity index (χ4v) is 3.77. The lowest BCUT2D eigenvalue weighted by molar-refractivity contribution is -0.000118. The lowest BCUT2D eigenvalue weighted by Crippen LogP contribution is -2.39. The van der Waals surface area contributed by atoms with E-state index in [9.17, 15) is 0 Å². The van der Waals surface area contributed by atoms with E-state index in [1.54, 1.807) is 0 Å². The molecule has 4 heteroatoms. The number of ether oxygens (including phenoxy) is 3. The van der Waals surface area contributed by atoms with Gasteiger partial charge in [-0.1, -0.05) is 46.8 Å². The monoisotopic (exact) mass is 363 g/mol. The van der Waals surface area contributed by atoms with Gasteiger partial charge in [-0.15, -0.1) is 0 Å². The molecule has 1 fully saturated rings. The first kappa shape index (κ1) is 21.2. The lowest BCUT2D eigenvalue weighted by Gasteiger charge is -2.33. The quantitative estimate of drug-likeness (QED) is 0.668. The van der Waals surface area contributed by atoms with E-state index in [2.05, 4.69) is 64.2 Å². The average Bonchev–Trinajstić information content (AvgIpc) is 2.57. The molecule has 2 rings (SSSR count). The van der Waals surface area contributed by atoms with Crippen LogP contribution in [0.2, 0.25) is 0 Å². The predicted molar refractivity (Wildman–Crippen MR) is 107 cm³/mol. The summed E-state index contributed by atoms with van der Waals surface area (Å²) in [7, 11) is 0. The van der Waals surface area contributed by atoms with Crippen LogP contribution in [-0.4, -0.2) is 45.6 Å². The van der Waals surface area contributed by atoms with Gasteiger partial charge in [-0.3, -0.25) is 0 Å². The molecule has 1 N–H and O–H groups in total. The van der Waals surface area contributed by atoms with Gasteiger partial charge in [0, 0.05) is 19.7 Å². The molecule has 1 aliphatic heterocycles. The lowest BCUT2D eigenvalue weighted by atomic mass is 9.72. The number of hydrogen-bond acceptors (Lipinski definition) is 4. The molecule has 0 spiro atoms. The second-order valence-corrected chi connectivity index (χ2v) is 9.09. The van der Waals surface area contributed by atoms with E-state index < -0.39 is 0 Å². The number of rotatable bonds is 9. The Balaban J connectivity index is 1.65. The Kier molecular flexibility index (Phi) is 7.93. The SMILES string of the molecule is CC(C)(C)CC(C)(C)c1ccc(OCCOCCC2CNCCO2)cc1. The first-order valence-electron chi connectivity index (χ1n) is 9.90. The largest absolute Gasteiger partial charge is 0.491 e. The Morgan fingerprint density at radius 1 is 1.04 bits per heavy atom. The van der Waals surface area contributed by atoms with Crippen LogP contribution in [0.1, 0.15) is 53.0 Å². The fourth-order valence-electron chi connectivity index (χ4n) is 3.77. The van der Waals surface area contributed by atoms with Crippen LogP contribution in [0.3, 0.4) is 0 Å². The summed E-state index contributed by atoms with van der Waals surface area (Å²) in [5.41, 5.74) is 1.84. The van der Waals surface area contributed by atoms with E-state index in [0.29, 0.717) is 18.6 Å². The molecule has 1 atom stereocenters. The second-order valence-electron chi connectivity index (χ2n) is 9.09. The second kappa shape index (κ2) is 9.72. The molecule has 0 saturated carbocycles. The van der Waals surface area contributed by atoms with Crippen molar-refractivity contribution >= 4 is 0 Å². The van der Waals surface area contributed by atoms with Crippen LogP contribution in [0.4, 0.5) is 0 Å². The van der Waals surface area contributed by atoms with E-state index in [1.165, 1.54) is 5.56 Å². The average molecular weight is 364 g/mol. The van der Waals surface area contributed by atoms with Gasteiger partial charge in [0.15, 0.2) is 0 Å². The molecule has 1 aliphatic rings. The summed E-state index contributed by atoms with van der Waals surface area (Å²) in [5.74, 6) is 0.906. The van der Waals surface area contributed by atoms with Gasteiger partial charge in [-0.05, 0) is 41.4 Å². The van der Waals surface area contributed by atoms with Crippen LogP contribution in [0.15, 0.2) is 24.3 Å². The molecule has 148 valence electrons. The molecule has 26 heavy (non-hydrogen) atoms. The third kappa shape index (κ3) is 7.65. The van der Waals surface area contributed by atoms with Gasteiger partial charge in [0.05, 0.1) is 19.3 Å². The minimum absolute atomic E-state index is 0.163. The van der Waals surface area contributed by atoms with Gasteiger partial charge in [-0.2, -0.15) is 0 Å². The molecule has 1 aromatic rings. The van der Waals surface area contributed by atoms with Crippen LogP contribution >= 0.6 is 0 Å². The standard InChI is InChI=1S/C22H37NO3/c1-21(2,3)17-22(4,5)18-6-8-19(9-7-18)26-15-14-24-12-10-20-16-23-11-13-25-20/h6-9,20,23H,10-17H2,1-5H3. The van der Waals surface area contributed by atoms with Crippen molar-refractivity contribution < 1.29 is 14.2 Å². The first-order valence-corrected chi connectivity index (χ1v) is 9.90. The highest BCUT2D eigenvalue weighted by atomic mass is 16.5. The van der Waals surface area contributed by atoms with Crippen LogP contribution < -0.4 is 10.1 Å². The zero-order valence-electron chi connectivity index (χ0n) is 17.3. The highest BCUT2D eigenvalue weighted by molar-refractivity contribution is 5.31. The molecule has 0 aromatic heterocycles. The van der Waals surface area contributed by atoms with Crippen molar-refractivity contribution in [1.82, 2.24) is 5.32 Å². The van der Waals surface area contributed by atoms with Crippen molar-refractivity contribution in [1.29, 1.82) is 0 Å². The van der Waals surface area contributed by atoms with Crippen molar-refractivity contribution in [3.05, 3.63) is 29.8 Å². The zero-order valence-corrected chi connectivity index (χ0v) is 17.3. The van der Waals surface area contributed by atoms with Crippen molar-refractivity contribution in [2.45, 2.75) is 59.0 Å². The smallest absolute Gasteiger partial charge is 0.119 e. The van der Waals surface area contributed by atoms with Gasteiger partial charge in [0.25, 0.3) is 0 Å². The van der Waals surface area contributed by atoms with Gasteiger partial charge in [0.1, 0.15) is 12.4 Å². The van der Waals surface area contributed by atoms with Crippen LogP contribution in [0.25, 0.3) is 0 Å². The van der Waals surface area contributed by atoms with Crippen LogP contribution in [0.5, 0.6) is 5.75 Å². The molecule has 1 unspecified atom stereocenters. The molecule has 0 amide bonds. The Morgan fingerprint density at radius 2 is 1.77 bits per heavy atom. The fraction of sp³-hybridized carbons (Fsp3) is 0.727. The minimum Gasteiger partial charge on any atom is -0.491 e. The van der Waals surface area contributed by atoms with Crippen LogP contribution in [-0.2, 0) is 14.9 Å². The molecular weight excluding hydrogens is 326 g/mol. The predicted octanol–water partition coefficient (Wildman–Crippen LogP) is 4.17. The third-order valence-electron chi connectivity index (χ3n) is 4.69. The number of nitrogens with one attached hydrogen (secondary N) is 1. The highest BCUT2D eigenvalue weighted by Crippen LogP contribution is 2.36. The normalized spacial score (nSPS) is 18.7. The highest BCUT2D eigenvalue weighted by Gasteiger charge is 2.27. The van der Waals surface area contributed by atoms with E-state index in [0.717, 1.165) is 44.9 Å². The van der Waals surface area contributed by atoms with Crippen molar-refractivity contribution in [2.75, 3.05) is 39.5 Å². The minimum atomic E-state index is 0.163. The first-order chi connectivity index (χ1) is 12.3. The van der Waals surface area contributed by atoms with Gasteiger partial charge in [-0.25, -0.2) is 0 Å². The molecule has 1 aromatic carbocycles. The molecule has 1 heterocycles. The summed E-state index contributed by atoms with van der Waals surface area (Å²) in [6.45, 7) is 16.1. The maximum absolute atomic E-state index is 5.80. The Morgan fingerprint density at radius 3 is 2.38 bits per heavy atom. The van der Waals surface area contributed by atoms with Gasteiger partial charge in [0.2, 0.25) is 0 Å². The molecular formula is C22H37NO3. The number of benzene rings is 1. The molecule has 1 saturated heterocycles. The molecule has 0 aliphatic carbocycles. The van der Waals surface area contributed by atoms with E-state index in [4.69, 9.17) is 14.2 Å². The van der Waals surface area contributed by atoms with E-state index >= 15 is 0 Å². The summed E-state index contributed by atoms with van der Waals surface area (Å²) in [6.07, 6.45) is 2.37. The Bertz CT molecular complexity index is 513. The maximum Gasteiger partial charge on any atom is 0.119 e. The summed E-state index contributed by atoms with van der Waals surface area (Å²) >= 11 is 0. The summed E-state index contributed by atoms with van der Waals surface area (Å²) in [4.78, 5) is 0. The molecule has 0 bridgehead atoms. The number of hydrogen-bond donors (Lipinski definition) is 1. The van der Waals surface area contributed by atoms with Crippen molar-refractivity contribution in [3.63, 3.8) is 0 Å². The molecule has 0 radical (unpaired) electrons.